The summed E-state index contributed by atoms with van der Waals surface area (Å²) in [7, 11) is 0. The van der Waals surface area contributed by atoms with Crippen LogP contribution in [0.15, 0.2) is 23.4 Å². The molecule has 0 aromatic heterocycles. The number of hydrogen-bond acceptors (Lipinski definition) is 5. The van der Waals surface area contributed by atoms with Gasteiger partial charge in [-0.1, -0.05) is 0 Å². The van der Waals surface area contributed by atoms with Crippen LogP contribution in [0.5, 0.6) is 11.5 Å². The molecular formula is C15H13NO5. The summed E-state index contributed by atoms with van der Waals surface area (Å²) in [5.41, 5.74) is 2.35. The molecule has 3 aliphatic rings. The molecule has 21 heavy (non-hydrogen) atoms. The number of fused-ring (bicyclic) bond motifs is 2. The molecule has 0 bridgehead atoms. The molecule has 2 heterocycles. The van der Waals surface area contributed by atoms with E-state index in [9.17, 15) is 14.7 Å². The molecule has 1 atom stereocenters. The Morgan fingerprint density at radius 2 is 2.00 bits per heavy atom. The summed E-state index contributed by atoms with van der Waals surface area (Å²) < 4.78 is 10.6. The summed E-state index contributed by atoms with van der Waals surface area (Å²) >= 11 is 0. The molecule has 1 aromatic rings. The van der Waals surface area contributed by atoms with Gasteiger partial charge in [-0.2, -0.15) is 0 Å². The van der Waals surface area contributed by atoms with Crippen LogP contribution in [0.3, 0.4) is 0 Å². The van der Waals surface area contributed by atoms with E-state index in [0.717, 1.165) is 12.1 Å². The van der Waals surface area contributed by atoms with Gasteiger partial charge in [-0.15, -0.1) is 0 Å². The second-order valence-electron chi connectivity index (χ2n) is 5.36. The molecule has 0 fully saturated rings. The number of hydrogen-bond donors (Lipinski definition) is 2. The van der Waals surface area contributed by atoms with Crippen LogP contribution in [0.25, 0.3) is 0 Å². The van der Waals surface area contributed by atoms with Gasteiger partial charge in [0.2, 0.25) is 6.79 Å². The van der Waals surface area contributed by atoms with Gasteiger partial charge in [0.25, 0.3) is 0 Å². The number of Topliss-reactive ketones (excluding diaryl/α,β-unsaturated/α-hetero) is 1. The number of carboxylic acids is 1. The van der Waals surface area contributed by atoms with Crippen LogP contribution in [0.1, 0.15) is 30.7 Å². The lowest BCUT2D eigenvalue weighted by Crippen LogP contribution is -2.30. The lowest BCUT2D eigenvalue weighted by Gasteiger charge is -2.31. The molecule has 0 unspecified atom stereocenters. The van der Waals surface area contributed by atoms with Gasteiger partial charge in [-0.25, -0.2) is 0 Å². The van der Waals surface area contributed by atoms with E-state index in [1.165, 1.54) is 0 Å². The maximum atomic E-state index is 12.2. The number of nitrogens with one attached hydrogen (secondary N) is 1. The highest BCUT2D eigenvalue weighted by atomic mass is 16.7. The van der Waals surface area contributed by atoms with E-state index in [0.29, 0.717) is 41.2 Å². The third kappa shape index (κ3) is 1.72. The van der Waals surface area contributed by atoms with E-state index < -0.39 is 11.9 Å². The minimum Gasteiger partial charge on any atom is -0.481 e. The second-order valence-corrected chi connectivity index (χ2v) is 5.36. The standard InChI is InChI=1S/C15H13NO5/c17-10-3-1-2-8-14(10)13(15(18)19)7-4-11-12(21-6-20-11)5-9(7)16-8/h4-5,13,16H,1-3,6H2,(H,18,19)/t13-/m1/s1. The number of carbonyl (C=O) groups excluding carboxylic acids is 1. The Labute approximate surface area is 120 Å². The number of anilines is 1. The monoisotopic (exact) mass is 287 g/mol. The normalized spacial score (nSPS) is 22.5. The minimum absolute atomic E-state index is 0.0838. The first-order chi connectivity index (χ1) is 10.1. The predicted octanol–water partition coefficient (Wildman–Crippen LogP) is 2.02. The Morgan fingerprint density at radius 1 is 1.24 bits per heavy atom. The number of ether oxygens (including phenoxy) is 2. The lowest BCUT2D eigenvalue weighted by molar-refractivity contribution is -0.138. The zero-order valence-electron chi connectivity index (χ0n) is 11.1. The zero-order chi connectivity index (χ0) is 14.6. The Hall–Kier alpha value is -2.50. The minimum atomic E-state index is -1.01. The van der Waals surface area contributed by atoms with Gasteiger partial charge in [0.05, 0.1) is 0 Å². The molecule has 6 nitrogen and oxygen atoms in total. The summed E-state index contributed by atoms with van der Waals surface area (Å²) in [5.74, 6) is -0.914. The SMILES string of the molecule is O=C1CCCC2=C1[C@H](C(=O)O)c1cc3c(cc1N2)OCO3. The van der Waals surface area contributed by atoms with E-state index in [2.05, 4.69) is 5.32 Å². The molecule has 0 saturated heterocycles. The van der Waals surface area contributed by atoms with Crippen molar-refractivity contribution in [2.45, 2.75) is 25.2 Å². The fourth-order valence-corrected chi connectivity index (χ4v) is 3.21. The van der Waals surface area contributed by atoms with Crippen LogP contribution < -0.4 is 14.8 Å². The molecule has 1 aromatic carbocycles. The first-order valence-corrected chi connectivity index (χ1v) is 6.85. The van der Waals surface area contributed by atoms with E-state index in [-0.39, 0.29) is 12.6 Å². The van der Waals surface area contributed by atoms with Crippen molar-refractivity contribution in [3.8, 4) is 11.5 Å². The molecule has 0 spiro atoms. The van der Waals surface area contributed by atoms with Gasteiger partial charge in [0.15, 0.2) is 17.3 Å². The van der Waals surface area contributed by atoms with Crippen LogP contribution in [0.4, 0.5) is 5.69 Å². The molecule has 2 N–H and O–H groups in total. The average molecular weight is 287 g/mol. The van der Waals surface area contributed by atoms with Crippen molar-refractivity contribution in [2.75, 3.05) is 12.1 Å². The van der Waals surface area contributed by atoms with Crippen LogP contribution in [-0.2, 0) is 9.59 Å². The maximum absolute atomic E-state index is 12.2. The lowest BCUT2D eigenvalue weighted by atomic mass is 9.79. The number of rotatable bonds is 1. The third-order valence-electron chi connectivity index (χ3n) is 4.13. The Bertz CT molecular complexity index is 706. The zero-order valence-corrected chi connectivity index (χ0v) is 11.1. The van der Waals surface area contributed by atoms with Gasteiger partial charge in [-0.05, 0) is 24.5 Å². The molecular weight excluding hydrogens is 274 g/mol. The third-order valence-corrected chi connectivity index (χ3v) is 4.13. The highest BCUT2D eigenvalue weighted by Gasteiger charge is 2.39. The summed E-state index contributed by atoms with van der Waals surface area (Å²) in [5, 5.41) is 12.8. The molecule has 2 aliphatic heterocycles. The summed E-state index contributed by atoms with van der Waals surface area (Å²) in [6.45, 7) is 0.127. The van der Waals surface area contributed by atoms with Crippen molar-refractivity contribution in [2.24, 2.45) is 0 Å². The summed E-state index contributed by atoms with van der Waals surface area (Å²) in [6.07, 6.45) is 1.85. The van der Waals surface area contributed by atoms with Crippen molar-refractivity contribution < 1.29 is 24.2 Å². The molecule has 0 amide bonds. The summed E-state index contributed by atoms with van der Waals surface area (Å²) in [4.78, 5) is 23.9. The fraction of sp³-hybridized carbons (Fsp3) is 0.333. The van der Waals surface area contributed by atoms with E-state index in [1.54, 1.807) is 12.1 Å². The van der Waals surface area contributed by atoms with Crippen molar-refractivity contribution in [1.82, 2.24) is 0 Å². The number of ketones is 1. The Kier molecular flexibility index (Phi) is 2.48. The topological polar surface area (TPSA) is 84.9 Å². The average Bonchev–Trinajstić information content (AvgIpc) is 2.89. The van der Waals surface area contributed by atoms with Crippen LogP contribution in [0, 0.1) is 0 Å². The van der Waals surface area contributed by atoms with Crippen molar-refractivity contribution >= 4 is 17.4 Å². The van der Waals surface area contributed by atoms with Gasteiger partial charge in [0, 0.05) is 29.4 Å². The number of carboxylic acid groups (broad SMARTS) is 1. The van der Waals surface area contributed by atoms with Crippen LogP contribution in [0.2, 0.25) is 0 Å². The van der Waals surface area contributed by atoms with Crippen LogP contribution >= 0.6 is 0 Å². The maximum Gasteiger partial charge on any atom is 0.315 e. The molecule has 1 aliphatic carbocycles. The highest BCUT2D eigenvalue weighted by molar-refractivity contribution is 6.06. The van der Waals surface area contributed by atoms with Gasteiger partial charge < -0.3 is 19.9 Å². The van der Waals surface area contributed by atoms with E-state index in [1.807, 2.05) is 0 Å². The number of allylic oxidation sites excluding steroid dienone is 1. The fourth-order valence-electron chi connectivity index (χ4n) is 3.21. The van der Waals surface area contributed by atoms with Gasteiger partial charge in [-0.3, -0.25) is 9.59 Å². The highest BCUT2D eigenvalue weighted by Crippen LogP contribution is 2.47. The number of benzene rings is 1. The van der Waals surface area contributed by atoms with Gasteiger partial charge >= 0.3 is 5.97 Å². The predicted molar refractivity (Wildman–Crippen MR) is 72.4 cm³/mol. The molecule has 6 heteroatoms. The van der Waals surface area contributed by atoms with E-state index >= 15 is 0 Å². The number of carbonyl (C=O) groups is 2. The van der Waals surface area contributed by atoms with E-state index in [4.69, 9.17) is 9.47 Å². The largest absolute Gasteiger partial charge is 0.481 e. The van der Waals surface area contributed by atoms with Crippen molar-refractivity contribution in [3.63, 3.8) is 0 Å². The first kappa shape index (κ1) is 12.3. The van der Waals surface area contributed by atoms with Crippen LogP contribution in [-0.4, -0.2) is 23.7 Å². The molecule has 0 saturated carbocycles. The van der Waals surface area contributed by atoms with Crippen molar-refractivity contribution in [1.29, 1.82) is 0 Å². The quantitative estimate of drug-likeness (QED) is 0.822. The molecule has 0 radical (unpaired) electrons. The summed E-state index contributed by atoms with van der Waals surface area (Å²) in [6, 6.07) is 3.41. The molecule has 4 rings (SSSR count). The molecule has 108 valence electrons. The second kappa shape index (κ2) is 4.25. The number of aliphatic carboxylic acids is 1. The Morgan fingerprint density at radius 3 is 2.76 bits per heavy atom. The van der Waals surface area contributed by atoms with Crippen molar-refractivity contribution in [3.05, 3.63) is 29.0 Å². The smallest absolute Gasteiger partial charge is 0.315 e. The van der Waals surface area contributed by atoms with Gasteiger partial charge in [0.1, 0.15) is 5.92 Å². The Balaban J connectivity index is 1.91. The first-order valence-electron chi connectivity index (χ1n) is 6.85.